The van der Waals surface area contributed by atoms with Gasteiger partial charge >= 0.3 is 0 Å². The average Bonchev–Trinajstić information content (AvgIpc) is 3.39. The lowest BCUT2D eigenvalue weighted by Gasteiger charge is -2.28. The fourth-order valence-electron chi connectivity index (χ4n) is 5.01. The molecule has 4 heterocycles. The number of hydrogen-bond donors (Lipinski definition) is 2. The standard InChI is InChI=1S/C29H29FN6OS/c1-18-11-12-25(32-17-18)36-19(2)16-21(20(36)3)28-27(24-10-6-7-14-31-24)34-29(38)35(28)15-13-26(37)33-23-9-5-4-8-22(23)30/h4-12,14,16-17,27-28H,13,15H2,1-3H3,(H,33,37)(H,34,38)/t27-,28+/m1/s1. The second-order valence-corrected chi connectivity index (χ2v) is 9.84. The predicted molar refractivity (Wildman–Crippen MR) is 150 cm³/mol. The summed E-state index contributed by atoms with van der Waals surface area (Å²) in [5.74, 6) is 0.0901. The van der Waals surface area contributed by atoms with Gasteiger partial charge in [-0.2, -0.15) is 0 Å². The molecule has 5 rings (SSSR count). The van der Waals surface area contributed by atoms with Crippen LogP contribution in [0, 0.1) is 26.6 Å². The van der Waals surface area contributed by atoms with Crippen LogP contribution in [0.5, 0.6) is 0 Å². The number of pyridine rings is 2. The molecule has 0 bridgehead atoms. The van der Waals surface area contributed by atoms with Crippen molar-refractivity contribution in [3.05, 3.63) is 107 Å². The van der Waals surface area contributed by atoms with Crippen LogP contribution >= 0.6 is 12.2 Å². The predicted octanol–water partition coefficient (Wildman–Crippen LogP) is 5.33. The number of aromatic nitrogens is 3. The zero-order chi connectivity index (χ0) is 26.8. The highest BCUT2D eigenvalue weighted by Crippen LogP contribution is 2.41. The Hall–Kier alpha value is -4.11. The van der Waals surface area contributed by atoms with Gasteiger partial charge in [-0.1, -0.05) is 24.3 Å². The van der Waals surface area contributed by atoms with E-state index in [1.807, 2.05) is 48.4 Å². The zero-order valence-electron chi connectivity index (χ0n) is 21.5. The van der Waals surface area contributed by atoms with Gasteiger partial charge in [-0.3, -0.25) is 9.78 Å². The molecule has 0 radical (unpaired) electrons. The van der Waals surface area contributed by atoms with Crippen molar-refractivity contribution in [2.75, 3.05) is 11.9 Å². The molecule has 0 aliphatic carbocycles. The molecular weight excluding hydrogens is 499 g/mol. The molecule has 3 aromatic heterocycles. The summed E-state index contributed by atoms with van der Waals surface area (Å²) in [6.45, 7) is 6.50. The highest BCUT2D eigenvalue weighted by atomic mass is 32.1. The number of halogens is 1. The molecule has 0 saturated carbocycles. The minimum atomic E-state index is -0.468. The number of thiocarbonyl (C=S) groups is 1. The van der Waals surface area contributed by atoms with E-state index in [0.717, 1.165) is 34.0 Å². The first kappa shape index (κ1) is 25.5. The minimum absolute atomic E-state index is 0.139. The maximum atomic E-state index is 14.1. The van der Waals surface area contributed by atoms with Crippen molar-refractivity contribution in [1.29, 1.82) is 0 Å². The topological polar surface area (TPSA) is 75.1 Å². The average molecular weight is 529 g/mol. The van der Waals surface area contributed by atoms with Crippen LogP contribution in [0.25, 0.3) is 5.82 Å². The van der Waals surface area contributed by atoms with E-state index >= 15 is 0 Å². The molecular formula is C29H29FN6OS. The number of aryl methyl sites for hydroxylation is 2. The van der Waals surface area contributed by atoms with E-state index in [9.17, 15) is 9.18 Å². The monoisotopic (exact) mass is 528 g/mol. The number of nitrogens with one attached hydrogen (secondary N) is 2. The maximum Gasteiger partial charge on any atom is 0.226 e. The van der Waals surface area contributed by atoms with E-state index in [1.54, 1.807) is 24.4 Å². The second kappa shape index (κ2) is 10.7. The fourth-order valence-corrected chi connectivity index (χ4v) is 5.35. The highest BCUT2D eigenvalue weighted by Gasteiger charge is 2.41. The largest absolute Gasteiger partial charge is 0.352 e. The van der Waals surface area contributed by atoms with E-state index in [0.29, 0.717) is 11.7 Å². The third-order valence-corrected chi connectivity index (χ3v) is 7.19. The Bertz CT molecular complexity index is 1470. The van der Waals surface area contributed by atoms with Gasteiger partial charge in [-0.15, -0.1) is 0 Å². The summed E-state index contributed by atoms with van der Waals surface area (Å²) in [7, 11) is 0. The van der Waals surface area contributed by atoms with Gasteiger partial charge in [0.25, 0.3) is 0 Å². The summed E-state index contributed by atoms with van der Waals surface area (Å²) in [6, 6.07) is 17.7. The van der Waals surface area contributed by atoms with E-state index in [-0.39, 0.29) is 30.1 Å². The number of hydrogen-bond acceptors (Lipinski definition) is 4. The number of carbonyl (C=O) groups is 1. The van der Waals surface area contributed by atoms with E-state index in [1.165, 1.54) is 6.07 Å². The molecule has 1 aliphatic rings. The van der Waals surface area contributed by atoms with Gasteiger partial charge in [-0.25, -0.2) is 9.37 Å². The van der Waals surface area contributed by atoms with Crippen LogP contribution in [0.15, 0.2) is 73.1 Å². The maximum absolute atomic E-state index is 14.1. The quantitative estimate of drug-likeness (QED) is 0.316. The molecule has 7 nitrogen and oxygen atoms in total. The van der Waals surface area contributed by atoms with E-state index < -0.39 is 5.82 Å². The van der Waals surface area contributed by atoms with Crippen molar-refractivity contribution in [1.82, 2.24) is 24.8 Å². The smallest absolute Gasteiger partial charge is 0.226 e. The van der Waals surface area contributed by atoms with Crippen LogP contribution in [0.3, 0.4) is 0 Å². The number of anilines is 1. The van der Waals surface area contributed by atoms with Gasteiger partial charge in [0.05, 0.1) is 23.5 Å². The molecule has 0 spiro atoms. The Balaban J connectivity index is 1.47. The number of benzene rings is 1. The first-order chi connectivity index (χ1) is 18.3. The summed E-state index contributed by atoms with van der Waals surface area (Å²) in [6.07, 6.45) is 3.76. The number of carbonyl (C=O) groups excluding carboxylic acids is 1. The number of nitrogens with zero attached hydrogens (tertiary/aromatic N) is 4. The van der Waals surface area contributed by atoms with E-state index in [4.69, 9.17) is 12.2 Å². The van der Waals surface area contributed by atoms with Crippen LogP contribution < -0.4 is 10.6 Å². The molecule has 194 valence electrons. The Labute approximate surface area is 226 Å². The molecule has 1 fully saturated rings. The second-order valence-electron chi connectivity index (χ2n) is 9.45. The first-order valence-electron chi connectivity index (χ1n) is 12.5. The van der Waals surface area contributed by atoms with Gasteiger partial charge in [-0.05, 0) is 80.5 Å². The molecule has 9 heteroatoms. The third-order valence-electron chi connectivity index (χ3n) is 6.84. The zero-order valence-corrected chi connectivity index (χ0v) is 22.3. The van der Waals surface area contributed by atoms with Gasteiger partial charge in [0.2, 0.25) is 5.91 Å². The molecule has 1 amide bonds. The third kappa shape index (κ3) is 5.02. The summed E-state index contributed by atoms with van der Waals surface area (Å²) in [5.41, 5.74) is 5.27. The number of amides is 1. The van der Waals surface area contributed by atoms with Crippen molar-refractivity contribution in [3.8, 4) is 5.82 Å². The van der Waals surface area contributed by atoms with Crippen LogP contribution in [-0.2, 0) is 4.79 Å². The Kier molecular flexibility index (Phi) is 7.20. The van der Waals surface area contributed by atoms with Crippen LogP contribution in [0.1, 0.15) is 46.7 Å². The van der Waals surface area contributed by atoms with Crippen molar-refractivity contribution < 1.29 is 9.18 Å². The van der Waals surface area contributed by atoms with Crippen molar-refractivity contribution in [3.63, 3.8) is 0 Å². The lowest BCUT2D eigenvalue weighted by molar-refractivity contribution is -0.116. The first-order valence-corrected chi connectivity index (χ1v) is 12.9. The van der Waals surface area contributed by atoms with Crippen LogP contribution in [-0.4, -0.2) is 37.0 Å². The Morgan fingerprint density at radius 3 is 2.58 bits per heavy atom. The molecule has 1 aromatic carbocycles. The molecule has 38 heavy (non-hydrogen) atoms. The Morgan fingerprint density at radius 1 is 1.08 bits per heavy atom. The number of rotatable bonds is 7. The highest BCUT2D eigenvalue weighted by molar-refractivity contribution is 7.80. The Morgan fingerprint density at radius 2 is 1.87 bits per heavy atom. The summed E-state index contributed by atoms with van der Waals surface area (Å²) in [4.78, 5) is 24.0. The van der Waals surface area contributed by atoms with Crippen molar-refractivity contribution in [2.45, 2.75) is 39.3 Å². The van der Waals surface area contributed by atoms with Crippen LogP contribution in [0.2, 0.25) is 0 Å². The molecule has 2 N–H and O–H groups in total. The fraction of sp³-hybridized carbons (Fsp3) is 0.241. The number of para-hydroxylation sites is 1. The normalized spacial score (nSPS) is 16.9. The molecule has 2 atom stereocenters. The van der Waals surface area contributed by atoms with Gasteiger partial charge < -0.3 is 20.1 Å². The van der Waals surface area contributed by atoms with Crippen LogP contribution in [0.4, 0.5) is 10.1 Å². The summed E-state index contributed by atoms with van der Waals surface area (Å²) < 4.78 is 16.2. The molecule has 1 aliphatic heterocycles. The molecule has 1 saturated heterocycles. The van der Waals surface area contributed by atoms with Crippen molar-refractivity contribution >= 4 is 28.9 Å². The van der Waals surface area contributed by atoms with Gasteiger partial charge in [0.1, 0.15) is 11.6 Å². The molecule has 0 unspecified atom stereocenters. The van der Waals surface area contributed by atoms with Gasteiger partial charge in [0, 0.05) is 36.7 Å². The summed E-state index contributed by atoms with van der Waals surface area (Å²) >= 11 is 5.76. The minimum Gasteiger partial charge on any atom is -0.352 e. The molecule has 4 aromatic rings. The van der Waals surface area contributed by atoms with E-state index in [2.05, 4.69) is 45.1 Å². The van der Waals surface area contributed by atoms with Crippen molar-refractivity contribution in [2.24, 2.45) is 0 Å². The van der Waals surface area contributed by atoms with Gasteiger partial charge in [0.15, 0.2) is 5.11 Å². The lowest BCUT2D eigenvalue weighted by atomic mass is 9.96. The SMILES string of the molecule is Cc1ccc(-n2c(C)cc([C@H]3[C@@H](c4ccccn4)NC(=S)N3CCC(=O)Nc3ccccc3F)c2C)nc1. The lowest BCUT2D eigenvalue weighted by Crippen LogP contribution is -2.33. The summed E-state index contributed by atoms with van der Waals surface area (Å²) in [5, 5.41) is 6.65.